The Kier molecular flexibility index (Phi) is 5.39. The molecule has 1 aromatic heterocycles. The summed E-state index contributed by atoms with van der Waals surface area (Å²) in [6, 6.07) is 18.1. The number of ether oxygens (including phenoxy) is 1. The summed E-state index contributed by atoms with van der Waals surface area (Å²) < 4.78 is 6.90. The lowest BCUT2D eigenvalue weighted by Gasteiger charge is -2.07. The summed E-state index contributed by atoms with van der Waals surface area (Å²) in [5.41, 5.74) is 8.25. The zero-order chi connectivity index (χ0) is 18.5. The smallest absolute Gasteiger partial charge is 0.273 e. The molecular weight excluding hydrogens is 350 g/mol. The summed E-state index contributed by atoms with van der Waals surface area (Å²) in [6.07, 6.45) is 1.58. The van der Waals surface area contributed by atoms with Crippen LogP contribution in [-0.2, 0) is 6.61 Å². The zero-order valence-electron chi connectivity index (χ0n) is 14.2. The van der Waals surface area contributed by atoms with Crippen molar-refractivity contribution in [3.63, 3.8) is 0 Å². The molecule has 0 unspecified atom stereocenters. The third kappa shape index (κ3) is 4.52. The quantitative estimate of drug-likeness (QED) is 0.696. The van der Waals surface area contributed by atoms with Crippen LogP contribution in [0, 0.1) is 6.92 Å². The molecule has 6 heteroatoms. The highest BCUT2D eigenvalue weighted by Crippen LogP contribution is 2.15. The molecule has 0 aliphatic rings. The minimum Gasteiger partial charge on any atom is -0.489 e. The topological polar surface area (TPSA) is 69.6 Å². The van der Waals surface area contributed by atoms with E-state index < -0.39 is 0 Å². The number of anilines is 1. The van der Waals surface area contributed by atoms with Crippen molar-refractivity contribution in [3.8, 4) is 5.75 Å². The van der Waals surface area contributed by atoms with E-state index in [0.29, 0.717) is 17.4 Å². The number of benzene rings is 2. The molecule has 3 rings (SSSR count). The molecule has 0 amide bonds. The van der Waals surface area contributed by atoms with Crippen LogP contribution in [0.3, 0.4) is 0 Å². The minimum absolute atomic E-state index is 0.262. The summed E-state index contributed by atoms with van der Waals surface area (Å²) in [4.78, 5) is 11.9. The molecule has 0 radical (unpaired) electrons. The Morgan fingerprint density at radius 2 is 1.81 bits per heavy atom. The molecule has 0 fully saturated rings. The SMILES string of the molecule is Cc1cc(N)n(/N=C\c2ccc(OCc3ccc(Cl)cc3)cc2)c(=O)c1. The lowest BCUT2D eigenvalue weighted by atomic mass is 10.2. The van der Waals surface area contributed by atoms with Gasteiger partial charge in [0.1, 0.15) is 18.2 Å². The fourth-order valence-electron chi connectivity index (χ4n) is 2.36. The zero-order valence-corrected chi connectivity index (χ0v) is 15.0. The molecule has 2 N–H and O–H groups in total. The van der Waals surface area contributed by atoms with Gasteiger partial charge in [0.25, 0.3) is 5.56 Å². The van der Waals surface area contributed by atoms with Gasteiger partial charge in [-0.05, 0) is 66.1 Å². The van der Waals surface area contributed by atoms with E-state index in [1.54, 1.807) is 12.3 Å². The fraction of sp³-hybridized carbons (Fsp3) is 0.100. The lowest BCUT2D eigenvalue weighted by molar-refractivity contribution is 0.306. The maximum atomic E-state index is 11.9. The van der Waals surface area contributed by atoms with Crippen LogP contribution in [0.2, 0.25) is 5.02 Å². The van der Waals surface area contributed by atoms with E-state index in [-0.39, 0.29) is 5.56 Å². The number of nitrogen functional groups attached to an aromatic ring is 1. The highest BCUT2D eigenvalue weighted by Gasteiger charge is 2.00. The molecule has 26 heavy (non-hydrogen) atoms. The average Bonchev–Trinajstić information content (AvgIpc) is 2.61. The molecule has 2 aromatic carbocycles. The summed E-state index contributed by atoms with van der Waals surface area (Å²) >= 11 is 5.87. The number of rotatable bonds is 5. The first-order chi connectivity index (χ1) is 12.5. The van der Waals surface area contributed by atoms with Gasteiger partial charge in [0.2, 0.25) is 0 Å². The number of aryl methyl sites for hydroxylation is 1. The van der Waals surface area contributed by atoms with E-state index in [4.69, 9.17) is 22.1 Å². The third-order valence-corrected chi connectivity index (χ3v) is 3.95. The normalized spacial score (nSPS) is 11.0. The van der Waals surface area contributed by atoms with Crippen molar-refractivity contribution in [1.29, 1.82) is 0 Å². The van der Waals surface area contributed by atoms with Gasteiger partial charge in [0.05, 0.1) is 6.21 Å². The molecule has 0 bridgehead atoms. The van der Waals surface area contributed by atoms with E-state index >= 15 is 0 Å². The Balaban J connectivity index is 1.66. The van der Waals surface area contributed by atoms with Crippen LogP contribution in [0.25, 0.3) is 0 Å². The molecule has 132 valence electrons. The van der Waals surface area contributed by atoms with Crippen LogP contribution in [0.4, 0.5) is 5.82 Å². The van der Waals surface area contributed by atoms with E-state index in [9.17, 15) is 4.79 Å². The molecule has 1 heterocycles. The Morgan fingerprint density at radius 1 is 1.12 bits per heavy atom. The van der Waals surface area contributed by atoms with Crippen molar-refractivity contribution in [2.24, 2.45) is 5.10 Å². The summed E-state index contributed by atoms with van der Waals surface area (Å²) in [5.74, 6) is 1.04. The number of pyridine rings is 1. The van der Waals surface area contributed by atoms with E-state index in [1.807, 2.05) is 55.5 Å². The van der Waals surface area contributed by atoms with Crippen LogP contribution in [-0.4, -0.2) is 10.9 Å². The van der Waals surface area contributed by atoms with Crippen LogP contribution in [0.15, 0.2) is 70.6 Å². The van der Waals surface area contributed by atoms with E-state index in [1.165, 1.54) is 6.07 Å². The first kappa shape index (κ1) is 17.8. The largest absolute Gasteiger partial charge is 0.489 e. The molecule has 0 aliphatic carbocycles. The summed E-state index contributed by atoms with van der Waals surface area (Å²) in [6.45, 7) is 2.27. The van der Waals surface area contributed by atoms with Crippen molar-refractivity contribution in [2.75, 3.05) is 5.73 Å². The second kappa shape index (κ2) is 7.89. The minimum atomic E-state index is -0.262. The molecule has 0 saturated heterocycles. The number of halogens is 1. The van der Waals surface area contributed by atoms with Gasteiger partial charge >= 0.3 is 0 Å². The van der Waals surface area contributed by atoms with Gasteiger partial charge in [0.15, 0.2) is 0 Å². The number of hydrogen-bond donors (Lipinski definition) is 1. The Hall–Kier alpha value is -3.05. The standard InChI is InChI=1S/C20H18ClN3O2/c1-14-10-19(22)24(20(25)11-14)23-12-15-4-8-18(9-5-15)26-13-16-2-6-17(21)7-3-16/h2-12H,13,22H2,1H3/b23-12-. The average molecular weight is 368 g/mol. The molecule has 0 saturated carbocycles. The van der Waals surface area contributed by atoms with Crippen molar-refractivity contribution < 1.29 is 4.74 Å². The van der Waals surface area contributed by atoms with E-state index in [2.05, 4.69) is 5.10 Å². The highest BCUT2D eigenvalue weighted by molar-refractivity contribution is 6.30. The lowest BCUT2D eigenvalue weighted by Crippen LogP contribution is -2.19. The Labute approximate surface area is 156 Å². The first-order valence-corrected chi connectivity index (χ1v) is 8.40. The highest BCUT2D eigenvalue weighted by atomic mass is 35.5. The molecule has 0 aliphatic heterocycles. The summed E-state index contributed by atoms with van der Waals surface area (Å²) in [5, 5.41) is 4.85. The van der Waals surface area contributed by atoms with Crippen LogP contribution in [0.1, 0.15) is 16.7 Å². The van der Waals surface area contributed by atoms with Crippen molar-refractivity contribution in [3.05, 3.63) is 92.7 Å². The predicted octanol–water partition coefficient (Wildman–Crippen LogP) is 3.85. The molecule has 3 aromatic rings. The van der Waals surface area contributed by atoms with Gasteiger partial charge < -0.3 is 10.5 Å². The number of aromatic nitrogens is 1. The van der Waals surface area contributed by atoms with Gasteiger partial charge in [0, 0.05) is 11.1 Å². The van der Waals surface area contributed by atoms with Gasteiger partial charge in [-0.1, -0.05) is 23.7 Å². The summed E-state index contributed by atoms with van der Waals surface area (Å²) in [7, 11) is 0. The maximum absolute atomic E-state index is 11.9. The van der Waals surface area contributed by atoms with Gasteiger partial charge in [-0.2, -0.15) is 9.78 Å². The second-order valence-electron chi connectivity index (χ2n) is 5.84. The van der Waals surface area contributed by atoms with E-state index in [0.717, 1.165) is 27.1 Å². The first-order valence-electron chi connectivity index (χ1n) is 8.02. The van der Waals surface area contributed by atoms with Gasteiger partial charge in [-0.15, -0.1) is 0 Å². The monoisotopic (exact) mass is 367 g/mol. The molecule has 5 nitrogen and oxygen atoms in total. The molecule has 0 atom stereocenters. The van der Waals surface area contributed by atoms with Gasteiger partial charge in [-0.25, -0.2) is 0 Å². The van der Waals surface area contributed by atoms with Crippen molar-refractivity contribution >= 4 is 23.6 Å². The predicted molar refractivity (Wildman–Crippen MR) is 105 cm³/mol. The van der Waals surface area contributed by atoms with Crippen LogP contribution in [0.5, 0.6) is 5.75 Å². The second-order valence-corrected chi connectivity index (χ2v) is 6.27. The third-order valence-electron chi connectivity index (χ3n) is 3.70. The Morgan fingerprint density at radius 3 is 2.46 bits per heavy atom. The Bertz CT molecular complexity index is 977. The molecular formula is C20H18ClN3O2. The number of hydrogen-bond acceptors (Lipinski definition) is 4. The van der Waals surface area contributed by atoms with Gasteiger partial charge in [-0.3, -0.25) is 4.79 Å². The van der Waals surface area contributed by atoms with Crippen LogP contribution < -0.4 is 16.0 Å². The number of nitrogens with two attached hydrogens (primary N) is 1. The maximum Gasteiger partial charge on any atom is 0.273 e. The molecule has 0 spiro atoms. The fourth-order valence-corrected chi connectivity index (χ4v) is 2.49. The number of nitrogens with zero attached hydrogens (tertiary/aromatic N) is 2. The van der Waals surface area contributed by atoms with Crippen molar-refractivity contribution in [2.45, 2.75) is 13.5 Å². The van der Waals surface area contributed by atoms with Crippen molar-refractivity contribution in [1.82, 2.24) is 4.68 Å². The van der Waals surface area contributed by atoms with Crippen LogP contribution >= 0.6 is 11.6 Å².